The van der Waals surface area contributed by atoms with E-state index in [0.29, 0.717) is 5.41 Å². The van der Waals surface area contributed by atoms with Gasteiger partial charge in [-0.2, -0.15) is 0 Å². The van der Waals surface area contributed by atoms with Crippen molar-refractivity contribution in [3.8, 4) is 0 Å². The molecule has 2 rings (SSSR count). The number of aromatic nitrogens is 1. The molecule has 0 aliphatic heterocycles. The molecule has 1 atom stereocenters. The van der Waals surface area contributed by atoms with Crippen molar-refractivity contribution < 1.29 is 0 Å². The molecule has 1 unspecified atom stereocenters. The Bertz CT molecular complexity index is 513. The van der Waals surface area contributed by atoms with Crippen LogP contribution in [0.1, 0.15) is 45.2 Å². The molecule has 2 aromatic heterocycles. The summed E-state index contributed by atoms with van der Waals surface area (Å²) in [6.45, 7) is 6.75. The molecule has 2 aromatic rings. The summed E-state index contributed by atoms with van der Waals surface area (Å²) >= 11 is 1.72. The highest BCUT2D eigenvalue weighted by Crippen LogP contribution is 2.28. The molecule has 18 heavy (non-hydrogen) atoms. The van der Waals surface area contributed by atoms with Crippen LogP contribution in [0.3, 0.4) is 0 Å². The second kappa shape index (κ2) is 5.34. The zero-order valence-corrected chi connectivity index (χ0v) is 12.1. The fourth-order valence-corrected chi connectivity index (χ4v) is 2.76. The molecule has 0 saturated carbocycles. The van der Waals surface area contributed by atoms with Crippen molar-refractivity contribution in [2.24, 2.45) is 11.3 Å². The molecule has 98 valence electrons. The van der Waals surface area contributed by atoms with E-state index in [0.717, 1.165) is 18.4 Å². The molecular formula is C14H21N3S. The summed E-state index contributed by atoms with van der Waals surface area (Å²) in [4.78, 5) is 4.47. The van der Waals surface area contributed by atoms with E-state index in [1.54, 1.807) is 11.3 Å². The van der Waals surface area contributed by atoms with Gasteiger partial charge in [0, 0.05) is 12.2 Å². The largest absolute Gasteiger partial charge is 0.271 e. The van der Waals surface area contributed by atoms with Crippen molar-refractivity contribution in [2.45, 2.75) is 39.7 Å². The van der Waals surface area contributed by atoms with Crippen LogP contribution in [0.5, 0.6) is 0 Å². The molecule has 0 fully saturated rings. The Hall–Kier alpha value is -0.970. The number of hydrazine groups is 1. The van der Waals surface area contributed by atoms with Gasteiger partial charge in [-0.05, 0) is 41.3 Å². The number of hydrogen-bond acceptors (Lipinski definition) is 4. The van der Waals surface area contributed by atoms with Crippen molar-refractivity contribution in [3.05, 3.63) is 29.3 Å². The van der Waals surface area contributed by atoms with Gasteiger partial charge in [0.15, 0.2) is 0 Å². The average Bonchev–Trinajstić information content (AvgIpc) is 2.75. The Kier molecular flexibility index (Phi) is 4.00. The van der Waals surface area contributed by atoms with Crippen molar-refractivity contribution in [2.75, 3.05) is 0 Å². The Morgan fingerprint density at radius 1 is 1.44 bits per heavy atom. The van der Waals surface area contributed by atoms with Gasteiger partial charge in [-0.1, -0.05) is 20.8 Å². The number of hydrogen-bond donors (Lipinski definition) is 2. The van der Waals surface area contributed by atoms with Crippen LogP contribution in [-0.4, -0.2) is 4.98 Å². The molecule has 0 saturated heterocycles. The maximum absolute atomic E-state index is 5.68. The van der Waals surface area contributed by atoms with Crippen LogP contribution >= 0.6 is 11.3 Å². The van der Waals surface area contributed by atoms with Crippen molar-refractivity contribution in [1.29, 1.82) is 0 Å². The minimum Gasteiger partial charge on any atom is -0.271 e. The minimum absolute atomic E-state index is 0.184. The van der Waals surface area contributed by atoms with Gasteiger partial charge in [0.05, 0.1) is 10.2 Å². The third-order valence-corrected chi connectivity index (χ3v) is 3.96. The molecule has 3 nitrogen and oxygen atoms in total. The molecule has 3 N–H and O–H groups in total. The van der Waals surface area contributed by atoms with Gasteiger partial charge in [0.2, 0.25) is 0 Å². The van der Waals surface area contributed by atoms with E-state index in [4.69, 9.17) is 5.84 Å². The van der Waals surface area contributed by atoms with Crippen LogP contribution in [0.25, 0.3) is 10.2 Å². The second-order valence-corrected chi connectivity index (χ2v) is 6.84. The van der Waals surface area contributed by atoms with Crippen molar-refractivity contribution >= 4 is 21.6 Å². The number of fused-ring (bicyclic) bond motifs is 1. The molecule has 0 bridgehead atoms. The second-order valence-electron chi connectivity index (χ2n) is 5.89. The SMILES string of the molecule is CC(C)(C)CCC(NN)c1cnc2ccsc2c1. The van der Waals surface area contributed by atoms with Gasteiger partial charge < -0.3 is 0 Å². The molecule has 0 aromatic carbocycles. The predicted molar refractivity (Wildman–Crippen MR) is 78.4 cm³/mol. The van der Waals surface area contributed by atoms with Gasteiger partial charge in [-0.15, -0.1) is 11.3 Å². The van der Waals surface area contributed by atoms with E-state index in [1.165, 1.54) is 10.3 Å². The van der Waals surface area contributed by atoms with E-state index < -0.39 is 0 Å². The molecule has 0 aliphatic carbocycles. The third kappa shape index (κ3) is 3.28. The number of nitrogens with two attached hydrogens (primary N) is 1. The van der Waals surface area contributed by atoms with Crippen molar-refractivity contribution in [3.63, 3.8) is 0 Å². The summed E-state index contributed by atoms with van der Waals surface area (Å²) in [5, 5.41) is 2.07. The topological polar surface area (TPSA) is 50.9 Å². The number of nitrogens with one attached hydrogen (secondary N) is 1. The number of pyridine rings is 1. The lowest BCUT2D eigenvalue weighted by Crippen LogP contribution is -2.29. The summed E-state index contributed by atoms with van der Waals surface area (Å²) in [5.41, 5.74) is 5.48. The first-order valence-corrected chi connectivity index (χ1v) is 7.17. The van der Waals surface area contributed by atoms with Crippen LogP contribution in [0.2, 0.25) is 0 Å². The average molecular weight is 263 g/mol. The van der Waals surface area contributed by atoms with Gasteiger partial charge in [0.1, 0.15) is 0 Å². The zero-order valence-electron chi connectivity index (χ0n) is 11.2. The first kappa shape index (κ1) is 13.5. The number of thiophene rings is 1. The summed E-state index contributed by atoms with van der Waals surface area (Å²) in [6.07, 6.45) is 4.09. The van der Waals surface area contributed by atoms with Gasteiger partial charge in [-0.25, -0.2) is 0 Å². The van der Waals surface area contributed by atoms with E-state index in [9.17, 15) is 0 Å². The lowest BCUT2D eigenvalue weighted by molar-refractivity contribution is 0.333. The maximum atomic E-state index is 5.68. The summed E-state index contributed by atoms with van der Waals surface area (Å²) < 4.78 is 1.23. The predicted octanol–water partition coefficient (Wildman–Crippen LogP) is 3.63. The van der Waals surface area contributed by atoms with Gasteiger partial charge in [0.25, 0.3) is 0 Å². The summed E-state index contributed by atoms with van der Waals surface area (Å²) in [5.74, 6) is 5.68. The van der Waals surface area contributed by atoms with E-state index >= 15 is 0 Å². The van der Waals surface area contributed by atoms with Gasteiger partial charge in [-0.3, -0.25) is 16.3 Å². The van der Waals surface area contributed by atoms with Crippen LogP contribution in [-0.2, 0) is 0 Å². The standard InChI is InChI=1S/C14H21N3S/c1-14(2,3)6-4-11(17-15)10-8-13-12(16-9-10)5-7-18-13/h5,7-9,11,17H,4,6,15H2,1-3H3. The van der Waals surface area contributed by atoms with Crippen LogP contribution in [0.15, 0.2) is 23.7 Å². The molecular weight excluding hydrogens is 242 g/mol. The fraction of sp³-hybridized carbons (Fsp3) is 0.500. The molecule has 0 spiro atoms. The first-order valence-electron chi connectivity index (χ1n) is 6.29. The zero-order chi connectivity index (χ0) is 13.2. The van der Waals surface area contributed by atoms with Crippen LogP contribution in [0, 0.1) is 5.41 Å². The van der Waals surface area contributed by atoms with Crippen molar-refractivity contribution in [1.82, 2.24) is 10.4 Å². The van der Waals surface area contributed by atoms with E-state index in [2.05, 4.69) is 42.6 Å². The monoisotopic (exact) mass is 263 g/mol. The maximum Gasteiger partial charge on any atom is 0.0809 e. The highest BCUT2D eigenvalue weighted by Gasteiger charge is 2.16. The van der Waals surface area contributed by atoms with E-state index in [-0.39, 0.29) is 6.04 Å². The first-order chi connectivity index (χ1) is 8.49. The number of nitrogens with zero attached hydrogens (tertiary/aromatic N) is 1. The lowest BCUT2D eigenvalue weighted by Gasteiger charge is -2.22. The molecule has 0 aliphatic rings. The Labute approximate surface area is 112 Å². The number of rotatable bonds is 4. The smallest absolute Gasteiger partial charge is 0.0809 e. The quantitative estimate of drug-likeness (QED) is 0.654. The van der Waals surface area contributed by atoms with Crippen LogP contribution < -0.4 is 11.3 Å². The Morgan fingerprint density at radius 3 is 2.89 bits per heavy atom. The fourth-order valence-electron chi connectivity index (χ4n) is 1.98. The Morgan fingerprint density at radius 2 is 2.22 bits per heavy atom. The van der Waals surface area contributed by atoms with Crippen LogP contribution in [0.4, 0.5) is 0 Å². The van der Waals surface area contributed by atoms with Gasteiger partial charge >= 0.3 is 0 Å². The third-order valence-electron chi connectivity index (χ3n) is 3.11. The molecule has 0 amide bonds. The normalized spacial score (nSPS) is 14.0. The Balaban J connectivity index is 2.15. The highest BCUT2D eigenvalue weighted by molar-refractivity contribution is 7.17. The van der Waals surface area contributed by atoms with E-state index in [1.807, 2.05) is 12.3 Å². The summed E-state index contributed by atoms with van der Waals surface area (Å²) in [6, 6.07) is 4.42. The molecule has 2 heterocycles. The molecule has 0 radical (unpaired) electrons. The summed E-state index contributed by atoms with van der Waals surface area (Å²) in [7, 11) is 0. The lowest BCUT2D eigenvalue weighted by atomic mass is 9.87. The molecule has 4 heteroatoms. The minimum atomic E-state index is 0.184. The highest BCUT2D eigenvalue weighted by atomic mass is 32.1.